The van der Waals surface area contributed by atoms with Gasteiger partial charge >= 0.3 is 0 Å². The molecule has 1 aliphatic heterocycles. The van der Waals surface area contributed by atoms with E-state index in [1.807, 2.05) is 30.3 Å². The second-order valence-corrected chi connectivity index (χ2v) is 14.5. The summed E-state index contributed by atoms with van der Waals surface area (Å²) in [6.07, 6.45) is 0.493. The van der Waals surface area contributed by atoms with Gasteiger partial charge in [0.15, 0.2) is 14.1 Å². The maximum Gasteiger partial charge on any atom is 0.192 e. The lowest BCUT2D eigenvalue weighted by atomic mass is 9.95. The minimum Gasteiger partial charge on any atom is -0.415 e. The molecule has 0 saturated carbocycles. The zero-order valence-corrected chi connectivity index (χ0v) is 19.1. The molecule has 1 fully saturated rings. The fourth-order valence-electron chi connectivity index (χ4n) is 2.98. The first-order valence-electron chi connectivity index (χ1n) is 10.2. The zero-order valence-electron chi connectivity index (χ0n) is 18.1. The Balaban J connectivity index is 1.78. The van der Waals surface area contributed by atoms with Crippen molar-refractivity contribution in [2.45, 2.75) is 77.3 Å². The minimum absolute atomic E-state index is 0.102. The van der Waals surface area contributed by atoms with E-state index in [-0.39, 0.29) is 22.8 Å². The van der Waals surface area contributed by atoms with E-state index in [1.165, 1.54) is 0 Å². The summed E-state index contributed by atoms with van der Waals surface area (Å²) >= 11 is 0. The number of carbonyl (C=O) groups is 1. The molecule has 1 heterocycles. The molecule has 27 heavy (non-hydrogen) atoms. The maximum absolute atomic E-state index is 12.7. The molecule has 0 aliphatic carbocycles. The number of Topliss-reactive ketones (excluding diaryl/α,β-unsaturated/α-hetero) is 1. The lowest BCUT2D eigenvalue weighted by Crippen LogP contribution is -2.44. The molecule has 0 spiro atoms. The number of hydrogen-bond acceptors (Lipinski definition) is 4. The van der Waals surface area contributed by atoms with E-state index in [9.17, 15) is 4.79 Å². The van der Waals surface area contributed by atoms with Gasteiger partial charge < -0.3 is 15.1 Å². The number of benzene rings is 1. The van der Waals surface area contributed by atoms with E-state index < -0.39 is 8.32 Å². The highest BCUT2D eigenvalue weighted by Gasteiger charge is 2.42. The van der Waals surface area contributed by atoms with Gasteiger partial charge in [-0.25, -0.2) is 0 Å². The predicted octanol–water partition coefficient (Wildman–Crippen LogP) is 3.77. The molecule has 0 aromatic heterocycles. The lowest BCUT2D eigenvalue weighted by molar-refractivity contribution is -0.121. The second kappa shape index (κ2) is 8.99. The van der Waals surface area contributed by atoms with Gasteiger partial charge in [-0.15, -0.1) is 0 Å². The first-order valence-corrected chi connectivity index (χ1v) is 13.1. The molecule has 1 aliphatic rings. The van der Waals surface area contributed by atoms with Gasteiger partial charge in [0.1, 0.15) is 0 Å². The Hall–Kier alpha value is -1.01. The van der Waals surface area contributed by atoms with E-state index in [0.717, 1.165) is 18.7 Å². The summed E-state index contributed by atoms with van der Waals surface area (Å²) in [6.45, 7) is 17.2. The van der Waals surface area contributed by atoms with Gasteiger partial charge in [0.05, 0.1) is 12.6 Å². The van der Waals surface area contributed by atoms with Crippen LogP contribution in [-0.4, -0.2) is 45.4 Å². The number of rotatable bonds is 10. The van der Waals surface area contributed by atoms with Crippen molar-refractivity contribution < 1.29 is 9.22 Å². The molecule has 1 aromatic rings. The van der Waals surface area contributed by atoms with Gasteiger partial charge in [-0.1, -0.05) is 65.0 Å². The Bertz CT molecular complexity index is 610. The number of ketones is 1. The minimum atomic E-state index is -1.70. The molecule has 0 bridgehead atoms. The quantitative estimate of drug-likeness (QED) is 0.471. The fourth-order valence-corrected chi connectivity index (χ4v) is 4.01. The van der Waals surface area contributed by atoms with Gasteiger partial charge in [-0.2, -0.15) is 0 Å². The van der Waals surface area contributed by atoms with E-state index >= 15 is 0 Å². The van der Waals surface area contributed by atoms with Crippen molar-refractivity contribution in [2.24, 2.45) is 5.92 Å². The van der Waals surface area contributed by atoms with Crippen LogP contribution in [0, 0.1) is 5.92 Å². The third kappa shape index (κ3) is 6.52. The van der Waals surface area contributed by atoms with Crippen molar-refractivity contribution >= 4 is 14.1 Å². The van der Waals surface area contributed by atoms with Crippen LogP contribution in [0.1, 0.15) is 40.2 Å². The van der Waals surface area contributed by atoms with Crippen LogP contribution in [-0.2, 0) is 15.6 Å². The molecule has 2 rings (SSSR count). The summed E-state index contributed by atoms with van der Waals surface area (Å²) in [5.41, 5.74) is 1.08. The average Bonchev–Trinajstić information content (AvgIpc) is 3.31. The van der Waals surface area contributed by atoms with Crippen LogP contribution in [0.5, 0.6) is 0 Å². The largest absolute Gasteiger partial charge is 0.415 e. The molecule has 5 heteroatoms. The number of carbonyl (C=O) groups excluding carboxylic acids is 1. The van der Waals surface area contributed by atoms with Crippen molar-refractivity contribution in [3.8, 4) is 0 Å². The van der Waals surface area contributed by atoms with E-state index in [1.54, 1.807) is 0 Å². The molecule has 1 saturated heterocycles. The topological polar surface area (TPSA) is 60.3 Å². The molecule has 0 unspecified atom stereocenters. The molecule has 0 radical (unpaired) electrons. The predicted molar refractivity (Wildman–Crippen MR) is 116 cm³/mol. The summed E-state index contributed by atoms with van der Waals surface area (Å²) < 4.78 is 6.31. The normalized spacial score (nSPS) is 21.3. The van der Waals surface area contributed by atoms with Crippen molar-refractivity contribution in [3.63, 3.8) is 0 Å². The Morgan fingerprint density at radius 1 is 1.19 bits per heavy atom. The summed E-state index contributed by atoms with van der Waals surface area (Å²) in [5, 5.41) is 7.24. The third-order valence-corrected chi connectivity index (χ3v) is 10.5. The summed E-state index contributed by atoms with van der Waals surface area (Å²) in [6, 6.07) is 10.7. The molecule has 1 aromatic carbocycles. The SMILES string of the molecule is CC(C)[C@@H](NC[C@H]1N[C@H]1CO[Si](C)(C)C(C)(C)C)C(=O)Cc1ccccc1. The summed E-state index contributed by atoms with van der Waals surface area (Å²) in [4.78, 5) is 12.7. The highest BCUT2D eigenvalue weighted by Crippen LogP contribution is 2.37. The molecule has 152 valence electrons. The van der Waals surface area contributed by atoms with Crippen LogP contribution >= 0.6 is 0 Å². The Morgan fingerprint density at radius 2 is 1.81 bits per heavy atom. The second-order valence-electron chi connectivity index (χ2n) is 9.71. The number of nitrogens with one attached hydrogen (secondary N) is 2. The highest BCUT2D eigenvalue weighted by atomic mass is 28.4. The van der Waals surface area contributed by atoms with Crippen LogP contribution in [0.2, 0.25) is 18.1 Å². The molecule has 2 N–H and O–H groups in total. The van der Waals surface area contributed by atoms with Crippen molar-refractivity contribution in [2.75, 3.05) is 13.2 Å². The molecule has 3 atom stereocenters. The fraction of sp³-hybridized carbons (Fsp3) is 0.682. The lowest BCUT2D eigenvalue weighted by Gasteiger charge is -2.36. The molecular formula is C22H38N2O2Si. The third-order valence-electron chi connectivity index (χ3n) is 6.03. The van der Waals surface area contributed by atoms with Crippen LogP contribution in [0.15, 0.2) is 30.3 Å². The highest BCUT2D eigenvalue weighted by molar-refractivity contribution is 6.74. The Kier molecular flexibility index (Phi) is 7.42. The standard InChI is InChI=1S/C22H38N2O2Si/c1-16(2)21(20(25)13-17-11-9-8-10-12-17)23-14-18-19(24-18)15-26-27(6,7)22(3,4)5/h8-12,16,18-19,21,23-24H,13-15H2,1-7H3/t18-,19+,21-/m1/s1. The monoisotopic (exact) mass is 390 g/mol. The first-order chi connectivity index (χ1) is 12.5. The van der Waals surface area contributed by atoms with Crippen LogP contribution in [0.25, 0.3) is 0 Å². The number of hydrogen-bond donors (Lipinski definition) is 2. The first kappa shape index (κ1) is 22.3. The van der Waals surface area contributed by atoms with E-state index in [4.69, 9.17) is 4.43 Å². The van der Waals surface area contributed by atoms with E-state index in [2.05, 4.69) is 58.3 Å². The van der Waals surface area contributed by atoms with Gasteiger partial charge in [0.25, 0.3) is 0 Å². The molecule has 4 nitrogen and oxygen atoms in total. The Labute approximate surface area is 166 Å². The van der Waals surface area contributed by atoms with Gasteiger partial charge in [0, 0.05) is 25.0 Å². The van der Waals surface area contributed by atoms with Crippen LogP contribution in [0.3, 0.4) is 0 Å². The van der Waals surface area contributed by atoms with Crippen LogP contribution < -0.4 is 10.6 Å². The Morgan fingerprint density at radius 3 is 2.37 bits per heavy atom. The molecule has 0 amide bonds. The van der Waals surface area contributed by atoms with Gasteiger partial charge in [-0.05, 0) is 29.6 Å². The maximum atomic E-state index is 12.7. The summed E-state index contributed by atoms with van der Waals surface area (Å²) in [7, 11) is -1.70. The summed E-state index contributed by atoms with van der Waals surface area (Å²) in [5.74, 6) is 0.549. The van der Waals surface area contributed by atoms with E-state index in [0.29, 0.717) is 18.5 Å². The van der Waals surface area contributed by atoms with Crippen molar-refractivity contribution in [1.29, 1.82) is 0 Å². The smallest absolute Gasteiger partial charge is 0.192 e. The average molecular weight is 391 g/mol. The van der Waals surface area contributed by atoms with Gasteiger partial charge in [0.2, 0.25) is 0 Å². The molecular weight excluding hydrogens is 352 g/mol. The van der Waals surface area contributed by atoms with Gasteiger partial charge in [-0.3, -0.25) is 4.79 Å². The zero-order chi connectivity index (χ0) is 20.2. The van der Waals surface area contributed by atoms with Crippen LogP contribution in [0.4, 0.5) is 0 Å². The van der Waals surface area contributed by atoms with Crippen molar-refractivity contribution in [3.05, 3.63) is 35.9 Å². The van der Waals surface area contributed by atoms with Crippen molar-refractivity contribution in [1.82, 2.24) is 10.6 Å².